The summed E-state index contributed by atoms with van der Waals surface area (Å²) < 4.78 is 0. The van der Waals surface area contributed by atoms with Crippen LogP contribution < -0.4 is 4.90 Å². The van der Waals surface area contributed by atoms with E-state index in [4.69, 9.17) is 5.11 Å². The smallest absolute Gasteiger partial charge is 0.308 e. The fraction of sp³-hybridized carbons (Fsp3) is 0.214. The number of amides is 1. The van der Waals surface area contributed by atoms with Crippen molar-refractivity contribution in [2.45, 2.75) is 6.42 Å². The zero-order chi connectivity index (χ0) is 14.8. The molecule has 0 aliphatic carbocycles. The number of hydrogen-bond donors (Lipinski definition) is 1. The molecule has 7 nitrogen and oxygen atoms in total. The van der Waals surface area contributed by atoms with Crippen molar-refractivity contribution in [2.75, 3.05) is 11.4 Å². The largest absolute Gasteiger partial charge is 0.481 e. The summed E-state index contributed by atoms with van der Waals surface area (Å²) in [5, 5.41) is 9.00. The van der Waals surface area contributed by atoms with Gasteiger partial charge in [-0.3, -0.25) is 19.5 Å². The molecule has 21 heavy (non-hydrogen) atoms. The van der Waals surface area contributed by atoms with E-state index in [2.05, 4.69) is 15.0 Å². The van der Waals surface area contributed by atoms with Gasteiger partial charge in [-0.1, -0.05) is 0 Å². The molecule has 1 N–H and O–H groups in total. The second-order valence-electron chi connectivity index (χ2n) is 4.72. The molecule has 106 valence electrons. The SMILES string of the molecule is O=C(O)C1CC(=O)N(c2nccc(-c3ccncc3)n2)C1. The molecule has 0 spiro atoms. The maximum atomic E-state index is 11.9. The van der Waals surface area contributed by atoms with E-state index < -0.39 is 11.9 Å². The number of hydrogen-bond acceptors (Lipinski definition) is 5. The molecule has 2 aromatic rings. The lowest BCUT2D eigenvalue weighted by Crippen LogP contribution is -2.27. The average Bonchev–Trinajstić information content (AvgIpc) is 2.91. The topological polar surface area (TPSA) is 96.3 Å². The van der Waals surface area contributed by atoms with Gasteiger partial charge in [0.05, 0.1) is 11.6 Å². The fourth-order valence-electron chi connectivity index (χ4n) is 2.23. The van der Waals surface area contributed by atoms with Gasteiger partial charge >= 0.3 is 5.97 Å². The van der Waals surface area contributed by atoms with Crippen LogP contribution >= 0.6 is 0 Å². The van der Waals surface area contributed by atoms with E-state index in [1.807, 2.05) is 0 Å². The Morgan fingerprint density at radius 3 is 2.67 bits per heavy atom. The molecule has 0 aromatic carbocycles. The minimum atomic E-state index is -0.976. The molecule has 7 heteroatoms. The first-order valence-electron chi connectivity index (χ1n) is 6.42. The lowest BCUT2D eigenvalue weighted by Gasteiger charge is -2.14. The number of carboxylic acid groups (broad SMARTS) is 1. The molecular weight excluding hydrogens is 272 g/mol. The number of carbonyl (C=O) groups excluding carboxylic acids is 1. The monoisotopic (exact) mass is 284 g/mol. The number of pyridine rings is 1. The van der Waals surface area contributed by atoms with Crippen molar-refractivity contribution in [2.24, 2.45) is 5.92 Å². The number of aliphatic carboxylic acids is 1. The predicted molar refractivity (Wildman–Crippen MR) is 73.4 cm³/mol. The first kappa shape index (κ1) is 13.2. The lowest BCUT2D eigenvalue weighted by molar-refractivity contribution is -0.141. The van der Waals surface area contributed by atoms with Crippen molar-refractivity contribution in [1.29, 1.82) is 0 Å². The van der Waals surface area contributed by atoms with Crippen LogP contribution in [0.25, 0.3) is 11.3 Å². The maximum absolute atomic E-state index is 11.9. The van der Waals surface area contributed by atoms with Gasteiger partial charge in [0.1, 0.15) is 0 Å². The normalized spacial score (nSPS) is 18.0. The van der Waals surface area contributed by atoms with Gasteiger partial charge in [0.15, 0.2) is 0 Å². The Morgan fingerprint density at radius 1 is 1.24 bits per heavy atom. The molecule has 1 atom stereocenters. The first-order valence-corrected chi connectivity index (χ1v) is 6.42. The van der Waals surface area contributed by atoms with Crippen LogP contribution in [0.15, 0.2) is 36.8 Å². The Bertz CT molecular complexity index is 690. The van der Waals surface area contributed by atoms with Crippen molar-refractivity contribution >= 4 is 17.8 Å². The third kappa shape index (κ3) is 2.58. The van der Waals surface area contributed by atoms with Gasteiger partial charge in [-0.2, -0.15) is 0 Å². The fourth-order valence-corrected chi connectivity index (χ4v) is 2.23. The van der Waals surface area contributed by atoms with E-state index >= 15 is 0 Å². The molecule has 1 amide bonds. The zero-order valence-electron chi connectivity index (χ0n) is 11.0. The van der Waals surface area contributed by atoms with Crippen LogP contribution in [-0.4, -0.2) is 38.5 Å². The van der Waals surface area contributed by atoms with Crippen LogP contribution in [0.3, 0.4) is 0 Å². The molecule has 1 fully saturated rings. The van der Waals surface area contributed by atoms with Crippen LogP contribution in [0.2, 0.25) is 0 Å². The Morgan fingerprint density at radius 2 is 2.00 bits per heavy atom. The van der Waals surface area contributed by atoms with Crippen molar-refractivity contribution in [3.8, 4) is 11.3 Å². The van der Waals surface area contributed by atoms with Crippen molar-refractivity contribution in [3.05, 3.63) is 36.8 Å². The van der Waals surface area contributed by atoms with Crippen molar-refractivity contribution in [3.63, 3.8) is 0 Å². The highest BCUT2D eigenvalue weighted by Gasteiger charge is 2.36. The van der Waals surface area contributed by atoms with Crippen LogP contribution in [0.1, 0.15) is 6.42 Å². The third-order valence-corrected chi connectivity index (χ3v) is 3.33. The second-order valence-corrected chi connectivity index (χ2v) is 4.72. The van der Waals surface area contributed by atoms with Crippen LogP contribution in [0, 0.1) is 5.92 Å². The molecule has 0 radical (unpaired) electrons. The van der Waals surface area contributed by atoms with E-state index in [-0.39, 0.29) is 24.8 Å². The minimum absolute atomic E-state index is 0.0157. The van der Waals surface area contributed by atoms with E-state index in [9.17, 15) is 9.59 Å². The number of aromatic nitrogens is 3. The summed E-state index contributed by atoms with van der Waals surface area (Å²) >= 11 is 0. The van der Waals surface area contributed by atoms with Crippen LogP contribution in [0.5, 0.6) is 0 Å². The Labute approximate surface area is 120 Å². The van der Waals surface area contributed by atoms with Gasteiger partial charge < -0.3 is 5.11 Å². The minimum Gasteiger partial charge on any atom is -0.481 e. The Kier molecular flexibility index (Phi) is 3.31. The predicted octanol–water partition coefficient (Wildman–Crippen LogP) is 0.976. The van der Waals surface area contributed by atoms with E-state index in [0.29, 0.717) is 5.69 Å². The highest BCUT2D eigenvalue weighted by atomic mass is 16.4. The molecule has 2 aromatic heterocycles. The summed E-state index contributed by atoms with van der Waals surface area (Å²) in [6.45, 7) is 0.105. The molecular formula is C14H12N4O3. The van der Waals surface area contributed by atoms with E-state index in [1.54, 1.807) is 36.8 Å². The van der Waals surface area contributed by atoms with Crippen LogP contribution in [0.4, 0.5) is 5.95 Å². The summed E-state index contributed by atoms with van der Waals surface area (Å²) in [6.07, 6.45) is 4.84. The van der Waals surface area contributed by atoms with Crippen molar-refractivity contribution < 1.29 is 14.7 Å². The zero-order valence-corrected chi connectivity index (χ0v) is 11.0. The third-order valence-electron chi connectivity index (χ3n) is 3.33. The highest BCUT2D eigenvalue weighted by molar-refractivity contribution is 5.98. The summed E-state index contributed by atoms with van der Waals surface area (Å²) in [7, 11) is 0. The molecule has 1 unspecified atom stereocenters. The summed E-state index contributed by atoms with van der Waals surface area (Å²) in [4.78, 5) is 36.6. The number of rotatable bonds is 3. The van der Waals surface area contributed by atoms with Gasteiger partial charge in [0.2, 0.25) is 11.9 Å². The molecule has 1 aliphatic rings. The van der Waals surface area contributed by atoms with Gasteiger partial charge in [0.25, 0.3) is 0 Å². The van der Waals surface area contributed by atoms with E-state index in [0.717, 1.165) is 5.56 Å². The van der Waals surface area contributed by atoms with Gasteiger partial charge in [-0.15, -0.1) is 0 Å². The number of anilines is 1. The van der Waals surface area contributed by atoms with Crippen molar-refractivity contribution in [1.82, 2.24) is 15.0 Å². The highest BCUT2D eigenvalue weighted by Crippen LogP contribution is 2.24. The second kappa shape index (κ2) is 5.28. The Balaban J connectivity index is 1.90. The van der Waals surface area contributed by atoms with E-state index in [1.165, 1.54) is 4.90 Å². The number of carboxylic acids is 1. The number of nitrogens with zero attached hydrogens (tertiary/aromatic N) is 4. The van der Waals surface area contributed by atoms with Gasteiger partial charge in [-0.25, -0.2) is 9.97 Å². The van der Waals surface area contributed by atoms with Gasteiger partial charge in [-0.05, 0) is 18.2 Å². The lowest BCUT2D eigenvalue weighted by atomic mass is 10.1. The molecule has 1 saturated heterocycles. The average molecular weight is 284 g/mol. The maximum Gasteiger partial charge on any atom is 0.308 e. The first-order chi connectivity index (χ1) is 10.1. The number of carbonyl (C=O) groups is 2. The quantitative estimate of drug-likeness (QED) is 0.902. The van der Waals surface area contributed by atoms with Gasteiger partial charge in [0, 0.05) is 37.1 Å². The molecule has 1 aliphatic heterocycles. The molecule has 0 bridgehead atoms. The summed E-state index contributed by atoms with van der Waals surface area (Å²) in [6, 6.07) is 5.34. The van der Waals surface area contributed by atoms with Crippen LogP contribution in [-0.2, 0) is 9.59 Å². The standard InChI is InChI=1S/C14H12N4O3/c19-12-7-10(13(20)21)8-18(12)14-16-6-3-11(17-14)9-1-4-15-5-2-9/h1-6,10H,7-8H2,(H,20,21). The molecule has 0 saturated carbocycles. The Hall–Kier alpha value is -2.83. The molecule has 3 rings (SSSR count). The summed E-state index contributed by atoms with van der Waals surface area (Å²) in [5.74, 6) is -1.71. The molecule has 3 heterocycles. The summed E-state index contributed by atoms with van der Waals surface area (Å²) in [5.41, 5.74) is 1.52.